The molecule has 1 aromatic carbocycles. The monoisotopic (exact) mass is 455 g/mol. The Bertz CT molecular complexity index is 351. The van der Waals surface area contributed by atoms with Crippen molar-refractivity contribution in [2.75, 3.05) is 4.90 Å². The smallest absolute Gasteiger partial charge is 0.500 e. The first-order valence-electron chi connectivity index (χ1n) is 5.47. The van der Waals surface area contributed by atoms with Gasteiger partial charge in [-0.1, -0.05) is 39.8 Å². The summed E-state index contributed by atoms with van der Waals surface area (Å²) in [6, 6.07) is 7.85. The second-order valence-electron chi connectivity index (χ2n) is 5.11. The normalized spacial score (nSPS) is 12.5. The zero-order valence-electron chi connectivity index (χ0n) is 10.9. The van der Waals surface area contributed by atoms with Crippen molar-refractivity contribution >= 4 is 12.1 Å². The number of nitrogens with zero attached hydrogens (tertiary/aromatic N) is 1. The minimum absolute atomic E-state index is 0. The molecule has 0 aliphatic heterocycles. The van der Waals surface area contributed by atoms with Gasteiger partial charge in [0.05, 0.1) is 6.41 Å². The standard InChI is InChI=1S/C14H19NO.U/c1-11(2)15(10-16)13-8-6-12(7-9-13)14(3,4)5;/h6-9,11H,1H2,2-5H3;/q-2;+2/t11-;/m1./s1. The van der Waals surface area contributed by atoms with Crippen LogP contribution in [0, 0.1) is 38.0 Å². The minimum Gasteiger partial charge on any atom is -0.500 e. The van der Waals surface area contributed by atoms with Crippen LogP contribution in [0.1, 0.15) is 33.3 Å². The molecular formula is C14H19NOU. The maximum Gasteiger partial charge on any atom is 2.00 e. The van der Waals surface area contributed by atoms with E-state index >= 15 is 0 Å². The summed E-state index contributed by atoms with van der Waals surface area (Å²) in [5.74, 6) is 0. The van der Waals surface area contributed by atoms with Crippen molar-refractivity contribution in [3.63, 3.8) is 0 Å². The van der Waals surface area contributed by atoms with Crippen LogP contribution < -0.4 is 4.90 Å². The Morgan fingerprint density at radius 3 is 2.00 bits per heavy atom. The van der Waals surface area contributed by atoms with Gasteiger partial charge in [-0.3, -0.25) is 0 Å². The van der Waals surface area contributed by atoms with E-state index < -0.39 is 0 Å². The third-order valence-corrected chi connectivity index (χ3v) is 2.55. The Balaban J connectivity index is 0.00000256. The van der Waals surface area contributed by atoms with Gasteiger partial charge in [0, 0.05) is 0 Å². The first kappa shape index (κ1) is 16.7. The molecule has 0 heterocycles. The Kier molecular flexibility index (Phi) is 6.51. The van der Waals surface area contributed by atoms with Crippen molar-refractivity contribution in [3.8, 4) is 0 Å². The molecule has 1 atom stereocenters. The number of hydrogen-bond donors (Lipinski definition) is 0. The predicted octanol–water partition coefficient (Wildman–Crippen LogP) is 3.08. The topological polar surface area (TPSA) is 20.3 Å². The van der Waals surface area contributed by atoms with Crippen molar-refractivity contribution in [1.82, 2.24) is 0 Å². The predicted molar refractivity (Wildman–Crippen MR) is 68.1 cm³/mol. The van der Waals surface area contributed by atoms with Crippen LogP contribution in [0.4, 0.5) is 5.69 Å². The number of carbonyl (C=O) groups excluding carboxylic acids is 1. The minimum atomic E-state index is -0.113. The molecule has 0 radical (unpaired) electrons. The fraction of sp³-hybridized carbons (Fsp3) is 0.429. The van der Waals surface area contributed by atoms with E-state index in [-0.39, 0.29) is 42.6 Å². The van der Waals surface area contributed by atoms with Crippen molar-refractivity contribution in [2.24, 2.45) is 0 Å². The Labute approximate surface area is 128 Å². The molecule has 0 fully saturated rings. The number of rotatable bonds is 3. The molecule has 1 amide bonds. The SMILES string of the molecule is [CH2-][C@H](C)N([C-]=O)c1ccc(C(C)(C)C)cc1.[U+2]. The molecule has 3 heteroatoms. The van der Waals surface area contributed by atoms with E-state index in [1.54, 1.807) is 0 Å². The van der Waals surface area contributed by atoms with Gasteiger partial charge in [0.25, 0.3) is 0 Å². The molecule has 17 heavy (non-hydrogen) atoms. The number of amides is 1. The van der Waals surface area contributed by atoms with Gasteiger partial charge in [0.2, 0.25) is 0 Å². The van der Waals surface area contributed by atoms with Gasteiger partial charge in [0.15, 0.2) is 0 Å². The Morgan fingerprint density at radius 1 is 1.24 bits per heavy atom. The second-order valence-corrected chi connectivity index (χ2v) is 5.11. The number of anilines is 1. The van der Waals surface area contributed by atoms with Crippen LogP contribution in [0.25, 0.3) is 0 Å². The Morgan fingerprint density at radius 2 is 1.71 bits per heavy atom. The van der Waals surface area contributed by atoms with Gasteiger partial charge < -0.3 is 16.6 Å². The fourth-order valence-corrected chi connectivity index (χ4v) is 1.52. The molecule has 0 N–H and O–H groups in total. The first-order valence-corrected chi connectivity index (χ1v) is 5.47. The molecule has 1 aromatic rings. The van der Waals surface area contributed by atoms with E-state index in [1.165, 1.54) is 10.5 Å². The maximum atomic E-state index is 10.8. The van der Waals surface area contributed by atoms with Gasteiger partial charge in [-0.15, -0.1) is 23.9 Å². The van der Waals surface area contributed by atoms with Gasteiger partial charge in [-0.2, -0.15) is 0 Å². The van der Waals surface area contributed by atoms with Crippen LogP contribution in [-0.2, 0) is 10.2 Å². The molecule has 0 aromatic heterocycles. The summed E-state index contributed by atoms with van der Waals surface area (Å²) in [4.78, 5) is 12.3. The van der Waals surface area contributed by atoms with Crippen LogP contribution in [0.3, 0.4) is 0 Å². The molecule has 1 rings (SSSR count). The quantitative estimate of drug-likeness (QED) is 0.507. The number of hydrogen-bond acceptors (Lipinski definition) is 1. The average Bonchev–Trinajstić information content (AvgIpc) is 2.17. The van der Waals surface area contributed by atoms with E-state index in [4.69, 9.17) is 0 Å². The number of benzene rings is 1. The van der Waals surface area contributed by atoms with E-state index in [2.05, 4.69) is 27.7 Å². The summed E-state index contributed by atoms with van der Waals surface area (Å²) in [7, 11) is 0. The van der Waals surface area contributed by atoms with E-state index in [0.29, 0.717) is 0 Å². The molecule has 0 spiro atoms. The van der Waals surface area contributed by atoms with Gasteiger partial charge in [-0.25, -0.2) is 0 Å². The summed E-state index contributed by atoms with van der Waals surface area (Å²) < 4.78 is 0. The van der Waals surface area contributed by atoms with Crippen molar-refractivity contribution < 1.29 is 35.9 Å². The third kappa shape index (κ3) is 4.49. The maximum absolute atomic E-state index is 10.8. The fourth-order valence-electron chi connectivity index (χ4n) is 1.52. The van der Waals surface area contributed by atoms with E-state index in [0.717, 1.165) is 5.69 Å². The molecule has 0 aliphatic rings. The molecule has 0 bridgehead atoms. The van der Waals surface area contributed by atoms with Crippen molar-refractivity contribution in [1.29, 1.82) is 0 Å². The Hall–Kier alpha value is -0.258. The van der Waals surface area contributed by atoms with Crippen LogP contribution in [-0.4, -0.2) is 12.5 Å². The zero-order valence-corrected chi connectivity index (χ0v) is 15.1. The van der Waals surface area contributed by atoms with E-state index in [1.807, 2.05) is 37.6 Å². The molecule has 0 aliphatic carbocycles. The molecule has 90 valence electrons. The summed E-state index contributed by atoms with van der Waals surface area (Å²) >= 11 is 0. The molecule has 0 unspecified atom stereocenters. The van der Waals surface area contributed by atoms with Crippen LogP contribution in [0.5, 0.6) is 0 Å². The summed E-state index contributed by atoms with van der Waals surface area (Å²) in [6.07, 6.45) is 1.90. The third-order valence-electron chi connectivity index (χ3n) is 2.55. The zero-order chi connectivity index (χ0) is 12.3. The van der Waals surface area contributed by atoms with Crippen LogP contribution in [0.2, 0.25) is 0 Å². The summed E-state index contributed by atoms with van der Waals surface area (Å²) in [5, 5.41) is 0. The first-order chi connectivity index (χ1) is 7.36. The summed E-state index contributed by atoms with van der Waals surface area (Å²) in [6.45, 7) is 12.2. The van der Waals surface area contributed by atoms with Crippen molar-refractivity contribution in [2.45, 2.75) is 39.2 Å². The van der Waals surface area contributed by atoms with Crippen molar-refractivity contribution in [3.05, 3.63) is 36.8 Å². The summed E-state index contributed by atoms with van der Waals surface area (Å²) in [5.41, 5.74) is 2.22. The van der Waals surface area contributed by atoms with E-state index in [9.17, 15) is 4.79 Å². The second kappa shape index (κ2) is 6.61. The molecular weight excluding hydrogens is 436 g/mol. The molecule has 2 nitrogen and oxygen atoms in total. The van der Waals surface area contributed by atoms with Gasteiger partial charge in [0.1, 0.15) is 0 Å². The van der Waals surface area contributed by atoms with Crippen LogP contribution >= 0.6 is 0 Å². The largest absolute Gasteiger partial charge is 2.00 e. The molecule has 0 saturated heterocycles. The van der Waals surface area contributed by atoms with Gasteiger partial charge >= 0.3 is 31.1 Å². The van der Waals surface area contributed by atoms with Crippen LogP contribution in [0.15, 0.2) is 24.3 Å². The molecule has 0 saturated carbocycles. The average molecular weight is 455 g/mol. The van der Waals surface area contributed by atoms with Gasteiger partial charge in [-0.05, 0) is 11.0 Å².